The lowest BCUT2D eigenvalue weighted by atomic mass is 9.89. The zero-order valence-electron chi connectivity index (χ0n) is 21.3. The number of hydrogen-bond acceptors (Lipinski definition) is 5. The lowest BCUT2D eigenvalue weighted by Gasteiger charge is -2.41. The highest BCUT2D eigenvalue weighted by molar-refractivity contribution is 5.93. The van der Waals surface area contributed by atoms with Crippen LogP contribution in [0.1, 0.15) is 83.5 Å². The first kappa shape index (κ1) is 23.1. The minimum atomic E-state index is -0.00445. The van der Waals surface area contributed by atoms with E-state index in [4.69, 9.17) is 15.2 Å². The molecule has 34 heavy (non-hydrogen) atoms. The minimum absolute atomic E-state index is 0.00445. The first-order chi connectivity index (χ1) is 16.2. The molecule has 0 bridgehead atoms. The fraction of sp³-hybridized carbons (Fsp3) is 0.630. The standard InChI is InChI=1S/C27H38N6O/c1-18-11-12-22-21(15-18)25-30-29-24(20-9-7-6-8-10-20)33(25)26(28-22)31-13-14-32(19(2)17-31)23(34)16-27(3,4)5/h11-12,15,19-20H,6-10,13-14,16-17H2,1-5H3. The summed E-state index contributed by atoms with van der Waals surface area (Å²) in [6.45, 7) is 12.9. The number of piperazine rings is 1. The molecule has 2 fully saturated rings. The molecule has 3 aromatic rings. The molecule has 2 aromatic heterocycles. The van der Waals surface area contributed by atoms with Gasteiger partial charge in [0.05, 0.1) is 5.52 Å². The zero-order valence-corrected chi connectivity index (χ0v) is 21.3. The maximum Gasteiger partial charge on any atom is 0.223 e. The van der Waals surface area contributed by atoms with Crippen molar-refractivity contribution in [1.82, 2.24) is 24.5 Å². The maximum absolute atomic E-state index is 13.0. The van der Waals surface area contributed by atoms with Crippen molar-refractivity contribution in [2.24, 2.45) is 5.41 Å². The van der Waals surface area contributed by atoms with Gasteiger partial charge in [0.2, 0.25) is 11.9 Å². The number of rotatable bonds is 3. The fourth-order valence-electron chi connectivity index (χ4n) is 5.65. The SMILES string of the molecule is Cc1ccc2nc(N3CCN(C(=O)CC(C)(C)C)C(C)C3)n3c(C4CCCCC4)nnc3c2c1. The highest BCUT2D eigenvalue weighted by atomic mass is 16.2. The Kier molecular flexibility index (Phi) is 5.98. The number of carbonyl (C=O) groups excluding carboxylic acids is 1. The van der Waals surface area contributed by atoms with Crippen molar-refractivity contribution in [3.63, 3.8) is 0 Å². The van der Waals surface area contributed by atoms with Gasteiger partial charge in [-0.05, 0) is 44.2 Å². The molecule has 1 amide bonds. The molecule has 1 aliphatic carbocycles. The lowest BCUT2D eigenvalue weighted by Crippen LogP contribution is -2.55. The van der Waals surface area contributed by atoms with E-state index in [-0.39, 0.29) is 17.4 Å². The molecule has 2 aliphatic rings. The normalized spacial score (nSPS) is 20.4. The molecule has 5 rings (SSSR count). The Balaban J connectivity index is 1.54. The van der Waals surface area contributed by atoms with E-state index in [0.717, 1.165) is 54.3 Å². The molecule has 1 saturated carbocycles. The number of benzene rings is 1. The number of hydrogen-bond donors (Lipinski definition) is 0. The molecule has 3 heterocycles. The summed E-state index contributed by atoms with van der Waals surface area (Å²) in [5, 5.41) is 10.5. The van der Waals surface area contributed by atoms with Crippen LogP contribution in [-0.4, -0.2) is 56.1 Å². The van der Waals surface area contributed by atoms with Gasteiger partial charge in [-0.15, -0.1) is 10.2 Å². The predicted molar refractivity (Wildman–Crippen MR) is 136 cm³/mol. The highest BCUT2D eigenvalue weighted by Crippen LogP contribution is 2.35. The molecule has 0 radical (unpaired) electrons. The van der Waals surface area contributed by atoms with E-state index in [1.54, 1.807) is 0 Å². The van der Waals surface area contributed by atoms with Crippen LogP contribution >= 0.6 is 0 Å². The van der Waals surface area contributed by atoms with Crippen molar-refractivity contribution in [2.75, 3.05) is 24.5 Å². The number of aromatic nitrogens is 4. The molecule has 1 aliphatic heterocycles. The van der Waals surface area contributed by atoms with Gasteiger partial charge in [0, 0.05) is 43.4 Å². The van der Waals surface area contributed by atoms with E-state index in [2.05, 4.69) is 67.0 Å². The molecule has 182 valence electrons. The Morgan fingerprint density at radius 3 is 2.56 bits per heavy atom. The smallest absolute Gasteiger partial charge is 0.223 e. The van der Waals surface area contributed by atoms with Crippen LogP contribution in [0, 0.1) is 12.3 Å². The molecule has 1 saturated heterocycles. The molecule has 1 aromatic carbocycles. The maximum atomic E-state index is 13.0. The van der Waals surface area contributed by atoms with Crippen LogP contribution in [0.2, 0.25) is 0 Å². The van der Waals surface area contributed by atoms with Crippen molar-refractivity contribution < 1.29 is 4.79 Å². The van der Waals surface area contributed by atoms with Crippen molar-refractivity contribution in [2.45, 2.75) is 85.1 Å². The predicted octanol–water partition coefficient (Wildman–Crippen LogP) is 5.11. The largest absolute Gasteiger partial charge is 0.338 e. The van der Waals surface area contributed by atoms with Crippen molar-refractivity contribution in [3.8, 4) is 0 Å². The molecule has 1 atom stereocenters. The van der Waals surface area contributed by atoms with Crippen LogP contribution in [0.15, 0.2) is 18.2 Å². The van der Waals surface area contributed by atoms with Crippen LogP contribution in [0.5, 0.6) is 0 Å². The molecular formula is C27H38N6O. The summed E-state index contributed by atoms with van der Waals surface area (Å²) >= 11 is 0. The van der Waals surface area contributed by atoms with Crippen LogP contribution in [0.3, 0.4) is 0 Å². The monoisotopic (exact) mass is 462 g/mol. The second kappa shape index (κ2) is 8.82. The van der Waals surface area contributed by atoms with E-state index in [1.165, 1.54) is 24.8 Å². The number of anilines is 1. The van der Waals surface area contributed by atoms with Gasteiger partial charge < -0.3 is 9.80 Å². The minimum Gasteiger partial charge on any atom is -0.338 e. The Hall–Kier alpha value is -2.70. The van der Waals surface area contributed by atoms with Crippen LogP contribution in [0.25, 0.3) is 16.6 Å². The second-order valence-corrected chi connectivity index (χ2v) is 11.6. The first-order valence-corrected chi connectivity index (χ1v) is 12.9. The summed E-state index contributed by atoms with van der Waals surface area (Å²) in [6.07, 6.45) is 6.71. The van der Waals surface area contributed by atoms with Crippen molar-refractivity contribution in [1.29, 1.82) is 0 Å². The molecular weight excluding hydrogens is 424 g/mol. The number of nitrogens with zero attached hydrogens (tertiary/aromatic N) is 6. The molecule has 7 nitrogen and oxygen atoms in total. The van der Waals surface area contributed by atoms with E-state index in [9.17, 15) is 4.79 Å². The van der Waals surface area contributed by atoms with E-state index >= 15 is 0 Å². The number of aryl methyl sites for hydroxylation is 1. The van der Waals surface area contributed by atoms with E-state index in [0.29, 0.717) is 18.9 Å². The number of amides is 1. The second-order valence-electron chi connectivity index (χ2n) is 11.6. The average molecular weight is 463 g/mol. The van der Waals surface area contributed by atoms with Crippen LogP contribution < -0.4 is 4.90 Å². The third-order valence-electron chi connectivity index (χ3n) is 7.38. The summed E-state index contributed by atoms with van der Waals surface area (Å²) in [6, 6.07) is 6.51. The first-order valence-electron chi connectivity index (χ1n) is 12.9. The summed E-state index contributed by atoms with van der Waals surface area (Å²) in [4.78, 5) is 22.5. The zero-order chi connectivity index (χ0) is 24.0. The third-order valence-corrected chi connectivity index (χ3v) is 7.38. The Labute approximate surface area is 202 Å². The van der Waals surface area contributed by atoms with Gasteiger partial charge in [-0.3, -0.25) is 4.79 Å². The van der Waals surface area contributed by atoms with Gasteiger partial charge in [-0.2, -0.15) is 0 Å². The number of carbonyl (C=O) groups is 1. The Bertz CT molecular complexity index is 1200. The van der Waals surface area contributed by atoms with Crippen LogP contribution in [0.4, 0.5) is 5.95 Å². The Morgan fingerprint density at radius 1 is 1.09 bits per heavy atom. The highest BCUT2D eigenvalue weighted by Gasteiger charge is 2.32. The molecule has 0 spiro atoms. The van der Waals surface area contributed by atoms with Gasteiger partial charge in [0.25, 0.3) is 0 Å². The van der Waals surface area contributed by atoms with Crippen molar-refractivity contribution >= 4 is 28.4 Å². The molecule has 1 unspecified atom stereocenters. The average Bonchev–Trinajstić information content (AvgIpc) is 3.23. The van der Waals surface area contributed by atoms with Crippen molar-refractivity contribution in [3.05, 3.63) is 29.6 Å². The summed E-state index contributed by atoms with van der Waals surface area (Å²) in [5.41, 5.74) is 3.05. The number of fused-ring (bicyclic) bond motifs is 3. The fourth-order valence-corrected chi connectivity index (χ4v) is 5.65. The van der Waals surface area contributed by atoms with Gasteiger partial charge in [-0.25, -0.2) is 9.38 Å². The summed E-state index contributed by atoms with van der Waals surface area (Å²) in [7, 11) is 0. The van der Waals surface area contributed by atoms with Gasteiger partial charge >= 0.3 is 0 Å². The van der Waals surface area contributed by atoms with E-state index < -0.39 is 0 Å². The van der Waals surface area contributed by atoms with Gasteiger partial charge in [0.15, 0.2) is 5.65 Å². The molecule has 7 heteroatoms. The third kappa shape index (κ3) is 4.37. The lowest BCUT2D eigenvalue weighted by molar-refractivity contribution is -0.135. The van der Waals surface area contributed by atoms with Crippen LogP contribution in [-0.2, 0) is 4.79 Å². The van der Waals surface area contributed by atoms with Gasteiger partial charge in [0.1, 0.15) is 5.82 Å². The summed E-state index contributed by atoms with van der Waals surface area (Å²) < 4.78 is 2.23. The molecule has 0 N–H and O–H groups in total. The Morgan fingerprint density at radius 2 is 1.85 bits per heavy atom. The van der Waals surface area contributed by atoms with E-state index in [1.807, 2.05) is 0 Å². The quantitative estimate of drug-likeness (QED) is 0.541. The van der Waals surface area contributed by atoms with Gasteiger partial charge in [-0.1, -0.05) is 51.7 Å². The topological polar surface area (TPSA) is 66.6 Å². The summed E-state index contributed by atoms with van der Waals surface area (Å²) in [5.74, 6) is 2.66.